The number of nitrogens with one attached hydrogen (secondary N) is 1. The monoisotopic (exact) mass is 603 g/mol. The Balaban J connectivity index is 1.19. The van der Waals surface area contributed by atoms with Crippen LogP contribution in [0.4, 0.5) is 0 Å². The number of benzene rings is 3. The van der Waals surface area contributed by atoms with Gasteiger partial charge in [0.15, 0.2) is 0 Å². The van der Waals surface area contributed by atoms with E-state index in [1.54, 1.807) is 13.8 Å². The summed E-state index contributed by atoms with van der Waals surface area (Å²) in [4.78, 5) is 11.9. The predicted molar refractivity (Wildman–Crippen MR) is 167 cm³/mol. The van der Waals surface area contributed by atoms with Crippen LogP contribution in [-0.2, 0) is 26.7 Å². The maximum absolute atomic E-state index is 12.1. The zero-order valence-electron chi connectivity index (χ0n) is 25.6. The van der Waals surface area contributed by atoms with Crippen molar-refractivity contribution in [2.45, 2.75) is 89.8 Å². The molecule has 3 aliphatic rings. The fourth-order valence-electron chi connectivity index (χ4n) is 7.21. The normalized spacial score (nSPS) is 24.0. The van der Waals surface area contributed by atoms with Gasteiger partial charge in [-0.1, -0.05) is 24.3 Å². The van der Waals surface area contributed by atoms with Crippen molar-refractivity contribution in [3.8, 4) is 22.6 Å². The summed E-state index contributed by atoms with van der Waals surface area (Å²) in [5.41, 5.74) is 8.75. The van der Waals surface area contributed by atoms with Gasteiger partial charge in [-0.2, -0.15) is 0 Å². The lowest BCUT2D eigenvalue weighted by atomic mass is 9.89. The van der Waals surface area contributed by atoms with E-state index in [-0.39, 0.29) is 29.6 Å². The van der Waals surface area contributed by atoms with Gasteiger partial charge < -0.3 is 14.6 Å². The van der Waals surface area contributed by atoms with Crippen molar-refractivity contribution in [3.63, 3.8) is 0 Å². The Morgan fingerprint density at radius 3 is 2.42 bits per heavy atom. The molecular formula is C35H41NO6S. The van der Waals surface area contributed by atoms with E-state index in [0.717, 1.165) is 41.9 Å². The van der Waals surface area contributed by atoms with Crippen molar-refractivity contribution in [2.75, 3.05) is 12.4 Å². The first-order valence-corrected chi connectivity index (χ1v) is 16.8. The number of hydrogen-bond acceptors (Lipinski definition) is 6. The Hall–Kier alpha value is -3.36. The average molecular weight is 604 g/mol. The van der Waals surface area contributed by atoms with Gasteiger partial charge in [0.25, 0.3) is 0 Å². The number of carbonyl (C=O) groups excluding carboxylic acids is 1. The summed E-state index contributed by atoms with van der Waals surface area (Å²) in [6.45, 7) is 10.3. The van der Waals surface area contributed by atoms with E-state index < -0.39 is 21.5 Å². The molecule has 2 aliphatic carbocycles. The standard InChI is InChI=1S/C35H41NO6S/c1-21-15-25(9-10-27(21)24-18-32(37)36-43(39,40)20-24)42-31-19-35(31)12-11-28-29(7-6-8-30(28)35)33-22(2)16-26(17-23(33)3)41-14-13-34(4,5)38/h6-10,15-17,24,31,38H,11-14,18-20H2,1-5H3,(H,36,37). The van der Waals surface area contributed by atoms with Crippen molar-refractivity contribution in [3.05, 3.63) is 81.9 Å². The van der Waals surface area contributed by atoms with Crippen molar-refractivity contribution >= 4 is 15.9 Å². The SMILES string of the molecule is Cc1cc(OC2CC23CCc2c(-c4c(C)cc(OCCC(C)(C)O)cc4C)cccc23)ccc1C1CC(=O)NS(=O)(=O)C1. The van der Waals surface area contributed by atoms with Crippen molar-refractivity contribution in [2.24, 2.45) is 0 Å². The molecule has 1 aliphatic heterocycles. The summed E-state index contributed by atoms with van der Waals surface area (Å²) in [5.74, 6) is 0.731. The molecule has 0 bridgehead atoms. The van der Waals surface area contributed by atoms with E-state index >= 15 is 0 Å². The number of carbonyl (C=O) groups is 1. The highest BCUT2D eigenvalue weighted by Gasteiger charge is 2.60. The summed E-state index contributed by atoms with van der Waals surface area (Å²) < 4.78 is 38.8. The second kappa shape index (κ2) is 10.7. The minimum Gasteiger partial charge on any atom is -0.493 e. The fourth-order valence-corrected chi connectivity index (χ4v) is 8.55. The number of aryl methyl sites for hydroxylation is 3. The topological polar surface area (TPSA) is 102 Å². The van der Waals surface area contributed by atoms with E-state index in [4.69, 9.17) is 9.47 Å². The summed E-state index contributed by atoms with van der Waals surface area (Å²) in [5, 5.41) is 10.0. The highest BCUT2D eigenvalue weighted by atomic mass is 32.2. The predicted octanol–water partition coefficient (Wildman–Crippen LogP) is 5.79. The highest BCUT2D eigenvalue weighted by Crippen LogP contribution is 2.59. The maximum atomic E-state index is 12.1. The molecule has 2 N–H and O–H groups in total. The van der Waals surface area contributed by atoms with Crippen LogP contribution < -0.4 is 14.2 Å². The van der Waals surface area contributed by atoms with Crippen LogP contribution in [-0.4, -0.2) is 43.5 Å². The first-order valence-electron chi connectivity index (χ1n) is 15.1. The number of sulfonamides is 1. The molecule has 1 spiro atoms. The van der Waals surface area contributed by atoms with Gasteiger partial charge in [-0.3, -0.25) is 9.52 Å². The second-order valence-corrected chi connectivity index (χ2v) is 15.1. The largest absolute Gasteiger partial charge is 0.493 e. The van der Waals surface area contributed by atoms with Gasteiger partial charge in [0, 0.05) is 24.2 Å². The second-order valence-electron chi connectivity index (χ2n) is 13.4. The summed E-state index contributed by atoms with van der Waals surface area (Å²) >= 11 is 0. The summed E-state index contributed by atoms with van der Waals surface area (Å²) in [7, 11) is -3.59. The number of aliphatic hydroxyl groups is 1. The molecule has 8 heteroatoms. The third kappa shape index (κ3) is 5.92. The van der Waals surface area contributed by atoms with Crippen LogP contribution in [0.1, 0.15) is 78.8 Å². The molecule has 1 heterocycles. The van der Waals surface area contributed by atoms with Gasteiger partial charge in [0.05, 0.1) is 18.0 Å². The minimum absolute atomic E-state index is 0.00934. The number of ether oxygens (including phenoxy) is 2. The molecule has 6 rings (SSSR count). The molecule has 0 aromatic heterocycles. The van der Waals surface area contributed by atoms with E-state index in [9.17, 15) is 18.3 Å². The fraction of sp³-hybridized carbons (Fsp3) is 0.457. The Kier molecular flexibility index (Phi) is 7.37. The number of fused-ring (bicyclic) bond motifs is 2. The van der Waals surface area contributed by atoms with E-state index in [1.165, 1.54) is 33.4 Å². The number of hydrogen-bond donors (Lipinski definition) is 2. The Morgan fingerprint density at radius 2 is 1.74 bits per heavy atom. The molecule has 3 aromatic carbocycles. The Labute approximate surface area is 254 Å². The molecule has 3 unspecified atom stereocenters. The lowest BCUT2D eigenvalue weighted by molar-refractivity contribution is -0.119. The first-order chi connectivity index (χ1) is 20.2. The molecule has 7 nitrogen and oxygen atoms in total. The van der Waals surface area contributed by atoms with Gasteiger partial charge in [-0.05, 0) is 123 Å². The van der Waals surface area contributed by atoms with E-state index in [1.807, 2.05) is 25.1 Å². The van der Waals surface area contributed by atoms with E-state index in [0.29, 0.717) is 13.0 Å². The van der Waals surface area contributed by atoms with Crippen LogP contribution in [0.15, 0.2) is 48.5 Å². The molecule has 0 radical (unpaired) electrons. The third-order valence-corrected chi connectivity index (χ3v) is 10.8. The molecule has 2 fully saturated rings. The van der Waals surface area contributed by atoms with Crippen molar-refractivity contribution < 1.29 is 27.8 Å². The maximum Gasteiger partial charge on any atom is 0.235 e. The molecule has 1 saturated heterocycles. The Morgan fingerprint density at radius 1 is 1.02 bits per heavy atom. The van der Waals surface area contributed by atoms with Gasteiger partial charge in [0.1, 0.15) is 17.6 Å². The average Bonchev–Trinajstić information content (AvgIpc) is 3.44. The molecule has 1 amide bonds. The van der Waals surface area contributed by atoms with Gasteiger partial charge in [0.2, 0.25) is 15.9 Å². The molecule has 3 aromatic rings. The highest BCUT2D eigenvalue weighted by molar-refractivity contribution is 7.90. The summed E-state index contributed by atoms with van der Waals surface area (Å²) in [6, 6.07) is 16.7. The number of amides is 1. The zero-order chi connectivity index (χ0) is 30.7. The van der Waals surface area contributed by atoms with Gasteiger partial charge in [-0.15, -0.1) is 0 Å². The van der Waals surface area contributed by atoms with Crippen LogP contribution >= 0.6 is 0 Å². The van der Waals surface area contributed by atoms with Gasteiger partial charge in [-0.25, -0.2) is 8.42 Å². The Bertz CT molecular complexity index is 1680. The lowest BCUT2D eigenvalue weighted by Gasteiger charge is -2.24. The zero-order valence-corrected chi connectivity index (χ0v) is 26.4. The van der Waals surface area contributed by atoms with Gasteiger partial charge >= 0.3 is 0 Å². The van der Waals surface area contributed by atoms with Crippen LogP contribution in [0.2, 0.25) is 0 Å². The van der Waals surface area contributed by atoms with Crippen LogP contribution in [0, 0.1) is 20.8 Å². The van der Waals surface area contributed by atoms with Crippen molar-refractivity contribution in [1.82, 2.24) is 4.72 Å². The third-order valence-electron chi connectivity index (χ3n) is 9.38. The molecule has 43 heavy (non-hydrogen) atoms. The number of rotatable bonds is 8. The quantitative estimate of drug-likeness (QED) is 0.338. The smallest absolute Gasteiger partial charge is 0.235 e. The van der Waals surface area contributed by atoms with Crippen molar-refractivity contribution in [1.29, 1.82) is 0 Å². The lowest BCUT2D eigenvalue weighted by Crippen LogP contribution is -2.41. The summed E-state index contributed by atoms with van der Waals surface area (Å²) in [6.07, 6.45) is 3.84. The van der Waals surface area contributed by atoms with Crippen LogP contribution in [0.25, 0.3) is 11.1 Å². The first kappa shape index (κ1) is 29.7. The van der Waals surface area contributed by atoms with E-state index in [2.05, 4.69) is 48.9 Å². The molecule has 3 atom stereocenters. The molecule has 228 valence electrons. The molecular weight excluding hydrogens is 562 g/mol. The van der Waals surface area contributed by atoms with Crippen LogP contribution in [0.5, 0.6) is 11.5 Å². The minimum atomic E-state index is -3.59. The molecule has 1 saturated carbocycles. The van der Waals surface area contributed by atoms with Crippen LogP contribution in [0.3, 0.4) is 0 Å².